The molecule has 0 saturated carbocycles. The summed E-state index contributed by atoms with van der Waals surface area (Å²) in [5.41, 5.74) is 3.45. The largest absolute Gasteiger partial charge is 0.403 e. The maximum absolute atomic E-state index is 13.2. The Morgan fingerprint density at radius 1 is 1.17 bits per heavy atom. The Bertz CT molecular complexity index is 1040. The lowest BCUT2D eigenvalue weighted by Gasteiger charge is -2.00. The molecule has 0 fully saturated rings. The second-order valence-electron chi connectivity index (χ2n) is 4.91. The van der Waals surface area contributed by atoms with Crippen molar-refractivity contribution in [2.24, 2.45) is 0 Å². The van der Waals surface area contributed by atoms with Crippen LogP contribution < -0.4 is 5.32 Å². The van der Waals surface area contributed by atoms with E-state index >= 15 is 0 Å². The van der Waals surface area contributed by atoms with Crippen LogP contribution >= 0.6 is 11.3 Å². The van der Waals surface area contributed by atoms with E-state index in [4.69, 9.17) is 4.42 Å². The zero-order valence-corrected chi connectivity index (χ0v) is 12.9. The van der Waals surface area contributed by atoms with Crippen LogP contribution in [0.4, 0.5) is 10.4 Å². The van der Waals surface area contributed by atoms with Crippen molar-refractivity contribution >= 4 is 33.5 Å². The summed E-state index contributed by atoms with van der Waals surface area (Å²) in [5, 5.41) is 10.1. The molecule has 0 atom stereocenters. The Morgan fingerprint density at radius 2 is 2.08 bits per heavy atom. The maximum atomic E-state index is 13.2. The van der Waals surface area contributed by atoms with E-state index in [1.807, 2.05) is 0 Å². The quantitative estimate of drug-likeness (QED) is 0.614. The Labute approximate surface area is 139 Å². The average molecular weight is 340 g/mol. The summed E-state index contributed by atoms with van der Waals surface area (Å²) in [6, 6.07) is 10.9. The molecule has 0 bridgehead atoms. The van der Waals surface area contributed by atoms with Crippen molar-refractivity contribution in [3.63, 3.8) is 0 Å². The van der Waals surface area contributed by atoms with Crippen molar-refractivity contribution in [1.82, 2.24) is 15.2 Å². The van der Waals surface area contributed by atoms with Crippen LogP contribution in [0.5, 0.6) is 0 Å². The second-order valence-corrected chi connectivity index (χ2v) is 5.80. The zero-order valence-electron chi connectivity index (χ0n) is 12.1. The van der Waals surface area contributed by atoms with Crippen LogP contribution in [0, 0.1) is 5.82 Å². The lowest BCUT2D eigenvalue weighted by Crippen LogP contribution is -2.11. The van der Waals surface area contributed by atoms with Gasteiger partial charge in [0.2, 0.25) is 5.89 Å². The summed E-state index contributed by atoms with van der Waals surface area (Å²) in [4.78, 5) is 16.4. The van der Waals surface area contributed by atoms with Crippen molar-refractivity contribution in [2.45, 2.75) is 0 Å². The number of carbonyl (C=O) groups excluding carboxylic acids is 1. The third-order valence-electron chi connectivity index (χ3n) is 3.31. The Kier molecular flexibility index (Phi) is 3.51. The highest BCUT2D eigenvalue weighted by atomic mass is 32.1. The van der Waals surface area contributed by atoms with Gasteiger partial charge in [-0.25, -0.2) is 9.37 Å². The molecule has 0 aliphatic rings. The Balaban J connectivity index is 1.56. The maximum Gasteiger partial charge on any atom is 0.322 e. The molecule has 0 unspecified atom stereocenters. The first-order valence-corrected chi connectivity index (χ1v) is 7.81. The van der Waals surface area contributed by atoms with Gasteiger partial charge < -0.3 is 4.42 Å². The second kappa shape index (κ2) is 5.82. The summed E-state index contributed by atoms with van der Waals surface area (Å²) >= 11 is 1.45. The van der Waals surface area contributed by atoms with Crippen LogP contribution in [0.15, 0.2) is 52.4 Å². The number of aromatic nitrogens is 3. The smallest absolute Gasteiger partial charge is 0.322 e. The molecule has 24 heavy (non-hydrogen) atoms. The number of carbonyl (C=O) groups is 1. The molecule has 118 valence electrons. The fourth-order valence-corrected chi connectivity index (χ4v) is 2.89. The van der Waals surface area contributed by atoms with Crippen LogP contribution in [0.1, 0.15) is 10.4 Å². The first-order chi connectivity index (χ1) is 11.7. The van der Waals surface area contributed by atoms with Gasteiger partial charge in [-0.3, -0.25) is 10.1 Å². The fourth-order valence-electron chi connectivity index (χ4n) is 2.18. The normalized spacial score (nSPS) is 10.9. The van der Waals surface area contributed by atoms with Gasteiger partial charge in [0.1, 0.15) is 5.82 Å². The molecule has 0 aliphatic heterocycles. The number of nitrogens with zero attached hydrogens (tertiary/aromatic N) is 3. The van der Waals surface area contributed by atoms with Gasteiger partial charge in [0.25, 0.3) is 5.91 Å². The molecule has 1 N–H and O–H groups in total. The van der Waals surface area contributed by atoms with E-state index in [-0.39, 0.29) is 17.8 Å². The number of anilines is 1. The predicted molar refractivity (Wildman–Crippen MR) is 87.3 cm³/mol. The first kappa shape index (κ1) is 14.5. The molecule has 1 amide bonds. The molecule has 2 aromatic heterocycles. The van der Waals surface area contributed by atoms with Gasteiger partial charge in [-0.05, 0) is 36.4 Å². The summed E-state index contributed by atoms with van der Waals surface area (Å²) in [7, 11) is 0. The SMILES string of the molecule is O=C(Nc1nnc(-c2cccc(F)c2)o1)c1ccc2ncsc2c1. The number of amides is 1. The van der Waals surface area contributed by atoms with E-state index in [1.165, 1.54) is 29.5 Å². The lowest BCUT2D eigenvalue weighted by molar-refractivity contribution is 0.102. The van der Waals surface area contributed by atoms with E-state index < -0.39 is 5.82 Å². The summed E-state index contributed by atoms with van der Waals surface area (Å²) in [5.74, 6) is -0.656. The van der Waals surface area contributed by atoms with Crippen molar-refractivity contribution in [3.8, 4) is 11.5 Å². The summed E-state index contributed by atoms with van der Waals surface area (Å²) in [6.07, 6.45) is 0. The van der Waals surface area contributed by atoms with E-state index in [0.717, 1.165) is 10.2 Å². The van der Waals surface area contributed by atoms with Gasteiger partial charge >= 0.3 is 6.01 Å². The zero-order chi connectivity index (χ0) is 16.5. The number of hydrogen-bond acceptors (Lipinski definition) is 6. The molecule has 8 heteroatoms. The van der Waals surface area contributed by atoms with Crippen molar-refractivity contribution in [2.75, 3.05) is 5.32 Å². The fraction of sp³-hybridized carbons (Fsp3) is 0. The van der Waals surface area contributed by atoms with Crippen LogP contribution in [-0.4, -0.2) is 21.1 Å². The van der Waals surface area contributed by atoms with Crippen molar-refractivity contribution < 1.29 is 13.6 Å². The highest BCUT2D eigenvalue weighted by Crippen LogP contribution is 2.22. The predicted octanol–water partition coefficient (Wildman–Crippen LogP) is 3.74. The molecule has 2 aromatic carbocycles. The van der Waals surface area contributed by atoms with E-state index in [2.05, 4.69) is 20.5 Å². The highest BCUT2D eigenvalue weighted by molar-refractivity contribution is 7.16. The number of thiazole rings is 1. The molecule has 4 aromatic rings. The van der Waals surface area contributed by atoms with Gasteiger partial charge in [0, 0.05) is 11.1 Å². The number of benzene rings is 2. The molecule has 0 radical (unpaired) electrons. The van der Waals surface area contributed by atoms with Gasteiger partial charge in [-0.1, -0.05) is 11.2 Å². The van der Waals surface area contributed by atoms with Crippen molar-refractivity contribution in [1.29, 1.82) is 0 Å². The third kappa shape index (κ3) is 2.74. The minimum absolute atomic E-state index is 0.0522. The van der Waals surface area contributed by atoms with Crippen LogP contribution in [0.2, 0.25) is 0 Å². The van der Waals surface area contributed by atoms with E-state index in [9.17, 15) is 9.18 Å². The minimum atomic E-state index is -0.408. The lowest BCUT2D eigenvalue weighted by atomic mass is 10.2. The number of hydrogen-bond donors (Lipinski definition) is 1. The van der Waals surface area contributed by atoms with Crippen molar-refractivity contribution in [3.05, 3.63) is 59.4 Å². The van der Waals surface area contributed by atoms with Crippen LogP contribution in [0.3, 0.4) is 0 Å². The van der Waals surface area contributed by atoms with Gasteiger partial charge in [-0.15, -0.1) is 16.4 Å². The van der Waals surface area contributed by atoms with Gasteiger partial charge in [-0.2, -0.15) is 0 Å². The number of halogens is 1. The van der Waals surface area contributed by atoms with E-state index in [0.29, 0.717) is 11.1 Å². The van der Waals surface area contributed by atoms with Gasteiger partial charge in [0.15, 0.2) is 0 Å². The summed E-state index contributed by atoms with van der Waals surface area (Å²) in [6.45, 7) is 0. The molecule has 0 spiro atoms. The highest BCUT2D eigenvalue weighted by Gasteiger charge is 2.14. The molecule has 4 rings (SSSR count). The van der Waals surface area contributed by atoms with Crippen LogP contribution in [-0.2, 0) is 0 Å². The van der Waals surface area contributed by atoms with E-state index in [1.54, 1.807) is 29.8 Å². The van der Waals surface area contributed by atoms with Gasteiger partial charge in [0.05, 0.1) is 15.7 Å². The third-order valence-corrected chi connectivity index (χ3v) is 4.10. The average Bonchev–Trinajstić information content (AvgIpc) is 3.23. The molecule has 0 aliphatic carbocycles. The summed E-state index contributed by atoms with van der Waals surface area (Å²) < 4.78 is 19.5. The monoisotopic (exact) mass is 340 g/mol. The molecule has 0 saturated heterocycles. The Hall–Kier alpha value is -3.13. The number of rotatable bonds is 3. The minimum Gasteiger partial charge on any atom is -0.403 e. The number of nitrogens with one attached hydrogen (secondary N) is 1. The van der Waals surface area contributed by atoms with Crippen LogP contribution in [0.25, 0.3) is 21.7 Å². The topological polar surface area (TPSA) is 80.9 Å². The molecular formula is C16H9FN4O2S. The molecule has 6 nitrogen and oxygen atoms in total. The first-order valence-electron chi connectivity index (χ1n) is 6.93. The Morgan fingerprint density at radius 3 is 2.96 bits per heavy atom. The standard InChI is InChI=1S/C16H9FN4O2S/c17-11-3-1-2-10(6-11)15-20-21-16(23-15)19-14(22)9-4-5-12-13(7-9)24-8-18-12/h1-8H,(H,19,21,22). The molecule has 2 heterocycles. The molecular weight excluding hydrogens is 331 g/mol. The number of fused-ring (bicyclic) bond motifs is 1.